The van der Waals surface area contributed by atoms with E-state index in [0.717, 1.165) is 34.8 Å². The fourth-order valence-electron chi connectivity index (χ4n) is 2.37. The lowest BCUT2D eigenvalue weighted by Crippen LogP contribution is -2.15. The summed E-state index contributed by atoms with van der Waals surface area (Å²) in [5.41, 5.74) is 3.16. The Morgan fingerprint density at radius 3 is 2.71 bits per heavy atom. The molecule has 0 radical (unpaired) electrons. The number of aromatic nitrogens is 3. The van der Waals surface area contributed by atoms with Gasteiger partial charge in [0.05, 0.1) is 35.8 Å². The summed E-state index contributed by atoms with van der Waals surface area (Å²) >= 11 is 0. The lowest BCUT2D eigenvalue weighted by molar-refractivity contribution is 0.814. The summed E-state index contributed by atoms with van der Waals surface area (Å²) in [4.78, 5) is 10.9. The highest BCUT2D eigenvalue weighted by atomic mass is 15.3. The zero-order valence-electron chi connectivity index (χ0n) is 12.5. The van der Waals surface area contributed by atoms with Crippen molar-refractivity contribution in [1.29, 1.82) is 0 Å². The molecular weight excluding hydrogens is 262 g/mol. The van der Waals surface area contributed by atoms with E-state index in [2.05, 4.69) is 32.0 Å². The number of nitrogens with one attached hydrogen (secondary N) is 1. The van der Waals surface area contributed by atoms with Crippen LogP contribution < -0.4 is 10.2 Å². The molecule has 0 saturated heterocycles. The molecule has 2 heterocycles. The lowest BCUT2D eigenvalue weighted by atomic mass is 10.2. The fraction of sp³-hybridized carbons (Fsp3) is 0.250. The van der Waals surface area contributed by atoms with Crippen LogP contribution in [0.2, 0.25) is 0 Å². The molecule has 0 aliphatic heterocycles. The Bertz CT molecular complexity index is 760. The van der Waals surface area contributed by atoms with Crippen molar-refractivity contribution in [1.82, 2.24) is 14.5 Å². The normalized spacial score (nSPS) is 10.8. The maximum atomic E-state index is 4.46. The second-order valence-electron chi connectivity index (χ2n) is 5.27. The minimum atomic E-state index is 0.720. The summed E-state index contributed by atoms with van der Waals surface area (Å²) in [7, 11) is 6.01. The molecule has 2 aromatic heterocycles. The average molecular weight is 281 g/mol. The molecular formula is C16H19N5. The quantitative estimate of drug-likeness (QED) is 0.798. The maximum absolute atomic E-state index is 4.46. The largest absolute Gasteiger partial charge is 0.378 e. The number of nitrogens with zero attached hydrogens (tertiary/aromatic N) is 4. The first-order valence-electron chi connectivity index (χ1n) is 6.92. The zero-order chi connectivity index (χ0) is 14.8. The molecule has 3 aromatic rings. The van der Waals surface area contributed by atoms with E-state index in [-0.39, 0.29) is 0 Å². The molecule has 5 nitrogen and oxygen atoms in total. The predicted octanol–water partition coefficient (Wildman–Crippen LogP) is 2.65. The first-order valence-corrected chi connectivity index (χ1v) is 6.92. The van der Waals surface area contributed by atoms with Gasteiger partial charge in [0.1, 0.15) is 0 Å². The van der Waals surface area contributed by atoms with Crippen molar-refractivity contribution in [3.8, 4) is 0 Å². The van der Waals surface area contributed by atoms with Gasteiger partial charge in [-0.15, -0.1) is 0 Å². The summed E-state index contributed by atoms with van der Waals surface area (Å²) < 4.78 is 2.08. The molecule has 5 heteroatoms. The van der Waals surface area contributed by atoms with Crippen molar-refractivity contribution >= 4 is 22.5 Å². The standard InChI is InChI=1S/C16H19N5/c1-20(2)16-19-11-14(21(16)3)10-17-13-8-12-6-4-5-7-15(12)18-9-13/h4-9,11,17H,10H2,1-3H3. The van der Waals surface area contributed by atoms with E-state index in [1.165, 1.54) is 0 Å². The topological polar surface area (TPSA) is 46.0 Å². The maximum Gasteiger partial charge on any atom is 0.204 e. The molecule has 0 saturated carbocycles. The minimum Gasteiger partial charge on any atom is -0.378 e. The van der Waals surface area contributed by atoms with Crippen LogP contribution >= 0.6 is 0 Å². The molecule has 0 aliphatic carbocycles. The number of hydrogen-bond acceptors (Lipinski definition) is 4. The second-order valence-corrected chi connectivity index (χ2v) is 5.27. The zero-order valence-corrected chi connectivity index (χ0v) is 12.5. The molecule has 0 aliphatic rings. The second kappa shape index (κ2) is 5.44. The van der Waals surface area contributed by atoms with Gasteiger partial charge in [0, 0.05) is 26.5 Å². The molecule has 0 amide bonds. The van der Waals surface area contributed by atoms with E-state index in [1.54, 1.807) is 0 Å². The highest BCUT2D eigenvalue weighted by Crippen LogP contribution is 2.17. The van der Waals surface area contributed by atoms with Gasteiger partial charge in [-0.3, -0.25) is 4.98 Å². The SMILES string of the molecule is CN(C)c1ncc(CNc2cnc3ccccc3c2)n1C. The van der Waals surface area contributed by atoms with E-state index in [9.17, 15) is 0 Å². The fourth-order valence-corrected chi connectivity index (χ4v) is 2.37. The molecule has 1 aromatic carbocycles. The van der Waals surface area contributed by atoms with E-state index < -0.39 is 0 Å². The van der Waals surface area contributed by atoms with Crippen LogP contribution in [0.15, 0.2) is 42.7 Å². The highest BCUT2D eigenvalue weighted by molar-refractivity contribution is 5.81. The Balaban J connectivity index is 1.77. The average Bonchev–Trinajstić information content (AvgIpc) is 2.86. The Morgan fingerprint density at radius 2 is 1.95 bits per heavy atom. The number of benzene rings is 1. The van der Waals surface area contributed by atoms with E-state index in [1.807, 2.05) is 56.6 Å². The number of pyridine rings is 1. The summed E-state index contributed by atoms with van der Waals surface area (Å²) in [5.74, 6) is 0.948. The number of fused-ring (bicyclic) bond motifs is 1. The Morgan fingerprint density at radius 1 is 1.14 bits per heavy atom. The van der Waals surface area contributed by atoms with E-state index in [4.69, 9.17) is 0 Å². The van der Waals surface area contributed by atoms with Crippen LogP contribution in [0.5, 0.6) is 0 Å². The van der Waals surface area contributed by atoms with Crippen molar-refractivity contribution in [3.63, 3.8) is 0 Å². The molecule has 21 heavy (non-hydrogen) atoms. The number of anilines is 2. The third-order valence-corrected chi connectivity index (χ3v) is 3.52. The number of para-hydroxylation sites is 1. The third kappa shape index (κ3) is 2.67. The van der Waals surface area contributed by atoms with Crippen molar-refractivity contribution < 1.29 is 0 Å². The third-order valence-electron chi connectivity index (χ3n) is 3.52. The van der Waals surface area contributed by atoms with Crippen molar-refractivity contribution in [2.24, 2.45) is 7.05 Å². The molecule has 0 unspecified atom stereocenters. The smallest absolute Gasteiger partial charge is 0.204 e. The van der Waals surface area contributed by atoms with Crippen LogP contribution in [0.4, 0.5) is 11.6 Å². The van der Waals surface area contributed by atoms with Gasteiger partial charge in [-0.25, -0.2) is 4.98 Å². The molecule has 0 atom stereocenters. The Labute approximate surface area is 124 Å². The van der Waals surface area contributed by atoms with Crippen molar-refractivity contribution in [3.05, 3.63) is 48.4 Å². The molecule has 3 rings (SSSR count). The molecule has 1 N–H and O–H groups in total. The molecule has 0 bridgehead atoms. The number of hydrogen-bond donors (Lipinski definition) is 1. The minimum absolute atomic E-state index is 0.720. The van der Waals surface area contributed by atoms with Gasteiger partial charge in [0.2, 0.25) is 5.95 Å². The van der Waals surface area contributed by atoms with Gasteiger partial charge in [0.25, 0.3) is 0 Å². The summed E-state index contributed by atoms with van der Waals surface area (Å²) in [5, 5.41) is 4.54. The summed E-state index contributed by atoms with van der Waals surface area (Å²) in [6.07, 6.45) is 3.77. The first kappa shape index (κ1) is 13.4. The van der Waals surface area contributed by atoms with Crippen LogP contribution in [-0.2, 0) is 13.6 Å². The predicted molar refractivity (Wildman–Crippen MR) is 86.6 cm³/mol. The van der Waals surface area contributed by atoms with Crippen LogP contribution in [0, 0.1) is 0 Å². The van der Waals surface area contributed by atoms with Crippen LogP contribution in [-0.4, -0.2) is 28.6 Å². The molecule has 0 spiro atoms. The van der Waals surface area contributed by atoms with Crippen molar-refractivity contribution in [2.45, 2.75) is 6.54 Å². The van der Waals surface area contributed by atoms with E-state index >= 15 is 0 Å². The molecule has 108 valence electrons. The number of imidazole rings is 1. The lowest BCUT2D eigenvalue weighted by Gasteiger charge is -2.13. The summed E-state index contributed by atoms with van der Waals surface area (Å²) in [6, 6.07) is 10.2. The van der Waals surface area contributed by atoms with Crippen LogP contribution in [0.3, 0.4) is 0 Å². The highest BCUT2D eigenvalue weighted by Gasteiger charge is 2.07. The first-order chi connectivity index (χ1) is 10.1. The van der Waals surface area contributed by atoms with Crippen LogP contribution in [0.1, 0.15) is 5.69 Å². The van der Waals surface area contributed by atoms with Crippen molar-refractivity contribution in [2.75, 3.05) is 24.3 Å². The van der Waals surface area contributed by atoms with Gasteiger partial charge >= 0.3 is 0 Å². The monoisotopic (exact) mass is 281 g/mol. The van der Waals surface area contributed by atoms with E-state index in [0.29, 0.717) is 0 Å². The van der Waals surface area contributed by atoms with Crippen LogP contribution in [0.25, 0.3) is 10.9 Å². The Kier molecular flexibility index (Phi) is 3.48. The number of rotatable bonds is 4. The Hall–Kier alpha value is -2.56. The van der Waals surface area contributed by atoms with Gasteiger partial charge in [-0.1, -0.05) is 18.2 Å². The summed E-state index contributed by atoms with van der Waals surface area (Å²) in [6.45, 7) is 0.720. The molecule has 0 fully saturated rings. The van der Waals surface area contributed by atoms with Gasteiger partial charge < -0.3 is 14.8 Å². The van der Waals surface area contributed by atoms with Gasteiger partial charge in [-0.05, 0) is 12.1 Å². The van der Waals surface area contributed by atoms with Gasteiger partial charge in [0.15, 0.2) is 0 Å². The van der Waals surface area contributed by atoms with Gasteiger partial charge in [-0.2, -0.15) is 0 Å².